The molecule has 30 heavy (non-hydrogen) atoms. The van der Waals surface area contributed by atoms with Crippen LogP contribution in [0.25, 0.3) is 10.2 Å². The smallest absolute Gasteiger partial charge is 0.279 e. The number of amides is 2. The summed E-state index contributed by atoms with van der Waals surface area (Å²) in [6, 6.07) is 13.2. The third-order valence-corrected chi connectivity index (χ3v) is 6.21. The second kappa shape index (κ2) is 10.6. The SMILES string of the molecule is CCOCCn1c(=NC(=O)c2ccc(SCC)cc2)sc2cc(NC(C)=O)ccc21. The molecule has 0 radical (unpaired) electrons. The Balaban J connectivity index is 1.99. The zero-order valence-corrected chi connectivity index (χ0v) is 18.9. The van der Waals surface area contributed by atoms with Gasteiger partial charge in [-0.05, 0) is 55.1 Å². The number of carbonyl (C=O) groups is 2. The number of rotatable bonds is 8. The largest absolute Gasteiger partial charge is 0.380 e. The number of hydrogen-bond acceptors (Lipinski definition) is 5. The van der Waals surface area contributed by atoms with Crippen molar-refractivity contribution in [2.45, 2.75) is 32.2 Å². The van der Waals surface area contributed by atoms with Crippen LogP contribution in [0.2, 0.25) is 0 Å². The molecule has 0 saturated heterocycles. The van der Waals surface area contributed by atoms with Gasteiger partial charge in [0.2, 0.25) is 5.91 Å². The Morgan fingerprint density at radius 2 is 1.93 bits per heavy atom. The number of nitrogens with one attached hydrogen (secondary N) is 1. The van der Waals surface area contributed by atoms with Crippen LogP contribution in [-0.2, 0) is 16.1 Å². The predicted octanol–water partition coefficient (Wildman–Crippen LogP) is 4.55. The van der Waals surface area contributed by atoms with Gasteiger partial charge in [-0.1, -0.05) is 18.3 Å². The standard InChI is InChI=1S/C22H25N3O3S2/c1-4-28-13-12-25-19-11-8-17(23-15(3)26)14-20(19)30-22(25)24-21(27)16-6-9-18(10-7-16)29-5-2/h6-11,14H,4-5,12-13H2,1-3H3,(H,23,26). The van der Waals surface area contributed by atoms with Gasteiger partial charge < -0.3 is 14.6 Å². The molecule has 0 atom stereocenters. The van der Waals surface area contributed by atoms with Crippen molar-refractivity contribution in [3.63, 3.8) is 0 Å². The third kappa shape index (κ3) is 5.59. The van der Waals surface area contributed by atoms with E-state index in [0.29, 0.717) is 30.1 Å². The number of ether oxygens (including phenoxy) is 1. The Hall–Kier alpha value is -2.42. The molecule has 0 bridgehead atoms. The third-order valence-electron chi connectivity index (χ3n) is 4.28. The summed E-state index contributed by atoms with van der Waals surface area (Å²) in [7, 11) is 0. The van der Waals surface area contributed by atoms with Crippen molar-refractivity contribution in [3.8, 4) is 0 Å². The highest BCUT2D eigenvalue weighted by Crippen LogP contribution is 2.22. The van der Waals surface area contributed by atoms with Crippen molar-refractivity contribution >= 4 is 50.8 Å². The lowest BCUT2D eigenvalue weighted by Crippen LogP contribution is -2.19. The highest BCUT2D eigenvalue weighted by Gasteiger charge is 2.11. The zero-order chi connectivity index (χ0) is 21.5. The minimum atomic E-state index is -0.276. The van der Waals surface area contributed by atoms with Crippen LogP contribution < -0.4 is 10.1 Å². The number of aromatic nitrogens is 1. The number of thioether (sulfide) groups is 1. The minimum Gasteiger partial charge on any atom is -0.380 e. The number of hydrogen-bond donors (Lipinski definition) is 1. The first-order chi connectivity index (χ1) is 14.5. The van der Waals surface area contributed by atoms with Crippen molar-refractivity contribution < 1.29 is 14.3 Å². The predicted molar refractivity (Wildman–Crippen MR) is 123 cm³/mol. The fraction of sp³-hybridized carbons (Fsp3) is 0.318. The molecule has 2 aromatic carbocycles. The van der Waals surface area contributed by atoms with E-state index in [2.05, 4.69) is 17.2 Å². The van der Waals surface area contributed by atoms with Crippen molar-refractivity contribution in [2.75, 3.05) is 24.3 Å². The number of benzene rings is 2. The Bertz CT molecular complexity index is 1100. The van der Waals surface area contributed by atoms with Gasteiger partial charge >= 0.3 is 0 Å². The molecule has 8 heteroatoms. The summed E-state index contributed by atoms with van der Waals surface area (Å²) in [5, 5.41) is 2.79. The number of nitrogens with zero attached hydrogens (tertiary/aromatic N) is 2. The van der Waals surface area contributed by atoms with Crippen LogP contribution in [0, 0.1) is 0 Å². The molecule has 0 saturated carbocycles. The summed E-state index contributed by atoms with van der Waals surface area (Å²) in [5.74, 6) is 0.585. The second-order valence-electron chi connectivity index (χ2n) is 6.47. The van der Waals surface area contributed by atoms with Crippen LogP contribution in [0.5, 0.6) is 0 Å². The minimum absolute atomic E-state index is 0.125. The highest BCUT2D eigenvalue weighted by atomic mass is 32.2. The van der Waals surface area contributed by atoms with Crippen LogP contribution >= 0.6 is 23.1 Å². The van der Waals surface area contributed by atoms with Gasteiger partial charge in [-0.2, -0.15) is 4.99 Å². The van der Waals surface area contributed by atoms with E-state index in [1.165, 1.54) is 18.3 Å². The molecule has 0 aliphatic carbocycles. The summed E-state index contributed by atoms with van der Waals surface area (Å²) in [5.41, 5.74) is 2.23. The van der Waals surface area contributed by atoms with Crippen molar-refractivity contribution in [1.82, 2.24) is 4.57 Å². The average Bonchev–Trinajstić information content (AvgIpc) is 3.05. The normalized spacial score (nSPS) is 11.8. The van der Waals surface area contributed by atoms with E-state index in [1.807, 2.05) is 54.0 Å². The molecule has 3 aromatic rings. The van der Waals surface area contributed by atoms with Crippen LogP contribution in [0.3, 0.4) is 0 Å². The Kier molecular flexibility index (Phi) is 7.84. The first-order valence-corrected chi connectivity index (χ1v) is 11.6. The molecule has 2 amide bonds. The fourth-order valence-electron chi connectivity index (χ4n) is 2.97. The molecule has 0 fully saturated rings. The summed E-state index contributed by atoms with van der Waals surface area (Å²) < 4.78 is 8.45. The van der Waals surface area contributed by atoms with Crippen LogP contribution in [0.4, 0.5) is 5.69 Å². The zero-order valence-electron chi connectivity index (χ0n) is 17.3. The van der Waals surface area contributed by atoms with E-state index in [0.717, 1.165) is 26.6 Å². The average molecular weight is 444 g/mol. The lowest BCUT2D eigenvalue weighted by atomic mass is 10.2. The molecule has 0 aliphatic rings. The van der Waals surface area contributed by atoms with Crippen molar-refractivity contribution in [1.29, 1.82) is 0 Å². The molecule has 6 nitrogen and oxygen atoms in total. The van der Waals surface area contributed by atoms with Crippen molar-refractivity contribution in [2.24, 2.45) is 4.99 Å². The quantitative estimate of drug-likeness (QED) is 0.409. The number of thiazole rings is 1. The maximum Gasteiger partial charge on any atom is 0.279 e. The molecule has 0 aliphatic heterocycles. The van der Waals surface area contributed by atoms with E-state index < -0.39 is 0 Å². The molecule has 158 valence electrons. The summed E-state index contributed by atoms with van der Waals surface area (Å²) in [4.78, 5) is 30.3. The molecule has 3 rings (SSSR count). The van der Waals surface area contributed by atoms with Crippen LogP contribution in [-0.4, -0.2) is 35.3 Å². The molecule has 1 aromatic heterocycles. The van der Waals surface area contributed by atoms with Gasteiger partial charge in [-0.25, -0.2) is 0 Å². The maximum atomic E-state index is 12.8. The highest BCUT2D eigenvalue weighted by molar-refractivity contribution is 7.99. The van der Waals surface area contributed by atoms with E-state index in [1.54, 1.807) is 11.8 Å². The number of carbonyl (C=O) groups excluding carboxylic acids is 2. The monoisotopic (exact) mass is 443 g/mol. The summed E-state index contributed by atoms with van der Waals surface area (Å²) in [6.45, 7) is 7.27. The summed E-state index contributed by atoms with van der Waals surface area (Å²) in [6.07, 6.45) is 0. The first-order valence-electron chi connectivity index (χ1n) is 9.82. The lowest BCUT2D eigenvalue weighted by molar-refractivity contribution is -0.114. The first kappa shape index (κ1) is 22.3. The molecular formula is C22H25N3O3S2. The molecule has 1 N–H and O–H groups in total. The maximum absolute atomic E-state index is 12.8. The van der Waals surface area contributed by atoms with Gasteiger partial charge in [-0.3, -0.25) is 9.59 Å². The van der Waals surface area contributed by atoms with Gasteiger partial charge in [0.15, 0.2) is 4.80 Å². The van der Waals surface area contributed by atoms with Crippen LogP contribution in [0.1, 0.15) is 31.1 Å². The van der Waals surface area contributed by atoms with Crippen molar-refractivity contribution in [3.05, 3.63) is 52.8 Å². The Labute approximate surface area is 184 Å². The lowest BCUT2D eigenvalue weighted by Gasteiger charge is -2.06. The van der Waals surface area contributed by atoms with Gasteiger partial charge in [0, 0.05) is 36.2 Å². The topological polar surface area (TPSA) is 72.7 Å². The van der Waals surface area contributed by atoms with E-state index in [4.69, 9.17) is 4.74 Å². The van der Waals surface area contributed by atoms with Gasteiger partial charge in [0.1, 0.15) is 0 Å². The summed E-state index contributed by atoms with van der Waals surface area (Å²) >= 11 is 3.16. The van der Waals surface area contributed by atoms with E-state index in [9.17, 15) is 9.59 Å². The Morgan fingerprint density at radius 1 is 1.17 bits per heavy atom. The van der Waals surface area contributed by atoms with Gasteiger partial charge in [-0.15, -0.1) is 11.8 Å². The van der Waals surface area contributed by atoms with Gasteiger partial charge in [0.25, 0.3) is 5.91 Å². The fourth-order valence-corrected chi connectivity index (χ4v) is 4.72. The Morgan fingerprint density at radius 3 is 2.60 bits per heavy atom. The molecule has 1 heterocycles. The van der Waals surface area contributed by atoms with E-state index in [-0.39, 0.29) is 11.8 Å². The molecule has 0 unspecified atom stereocenters. The van der Waals surface area contributed by atoms with Crippen LogP contribution in [0.15, 0.2) is 52.4 Å². The molecular weight excluding hydrogens is 418 g/mol. The number of fused-ring (bicyclic) bond motifs is 1. The number of anilines is 1. The second-order valence-corrected chi connectivity index (χ2v) is 8.82. The molecule has 0 spiro atoms. The van der Waals surface area contributed by atoms with Gasteiger partial charge in [0.05, 0.1) is 16.8 Å². The van der Waals surface area contributed by atoms with E-state index >= 15 is 0 Å².